The van der Waals surface area contributed by atoms with E-state index in [0.717, 1.165) is 12.5 Å². The fraction of sp³-hybridized carbons (Fsp3) is 0.538. The van der Waals surface area contributed by atoms with Crippen LogP contribution in [0, 0.1) is 5.41 Å². The molecule has 0 bridgehead atoms. The van der Waals surface area contributed by atoms with Gasteiger partial charge in [0, 0.05) is 12.6 Å². The van der Waals surface area contributed by atoms with E-state index in [1.165, 1.54) is 6.07 Å². The van der Waals surface area contributed by atoms with Gasteiger partial charge in [-0.3, -0.25) is 5.41 Å². The van der Waals surface area contributed by atoms with E-state index in [1.807, 2.05) is 20.8 Å². The summed E-state index contributed by atoms with van der Waals surface area (Å²) in [5.41, 5.74) is 4.69. The highest BCUT2D eigenvalue weighted by atomic mass is 19.4. The first-order chi connectivity index (χ1) is 9.18. The summed E-state index contributed by atoms with van der Waals surface area (Å²) in [5.74, 6) is -0.174. The van der Waals surface area contributed by atoms with Gasteiger partial charge < -0.3 is 10.6 Å². The first-order valence-corrected chi connectivity index (χ1v) is 6.37. The van der Waals surface area contributed by atoms with Gasteiger partial charge >= 0.3 is 6.18 Å². The van der Waals surface area contributed by atoms with Crippen molar-refractivity contribution in [2.24, 2.45) is 5.73 Å². The van der Waals surface area contributed by atoms with E-state index in [4.69, 9.17) is 11.1 Å². The van der Waals surface area contributed by atoms with Gasteiger partial charge in [-0.05, 0) is 32.4 Å². The van der Waals surface area contributed by atoms with E-state index < -0.39 is 11.9 Å². The molecule has 0 saturated heterocycles. The summed E-state index contributed by atoms with van der Waals surface area (Å²) < 4.78 is 38.4. The molecule has 20 heavy (non-hydrogen) atoms. The van der Waals surface area contributed by atoms with Crippen LogP contribution in [0.3, 0.4) is 0 Å². The molecule has 3 N–H and O–H groups in total. The number of anilines is 1. The number of nitrogens with two attached hydrogens (primary N) is 1. The van der Waals surface area contributed by atoms with Crippen LogP contribution in [0.25, 0.3) is 0 Å². The van der Waals surface area contributed by atoms with Crippen LogP contribution in [0.1, 0.15) is 38.4 Å². The van der Waals surface area contributed by atoms with Gasteiger partial charge in [-0.2, -0.15) is 13.2 Å². The maximum absolute atomic E-state index is 12.8. The molecular weight excluding hydrogens is 269 g/mol. The van der Waals surface area contributed by atoms with Gasteiger partial charge in [-0.1, -0.05) is 6.92 Å². The molecule has 1 heterocycles. The molecule has 1 rings (SSSR count). The predicted molar refractivity (Wildman–Crippen MR) is 73.0 cm³/mol. The SMILES string of the molecule is CCCN(c1nc(C(F)(F)F)ccc1C(=N)N)C(C)C. The van der Waals surface area contributed by atoms with Crippen LogP contribution in [0.2, 0.25) is 0 Å². The van der Waals surface area contributed by atoms with Crippen molar-refractivity contribution in [3.05, 3.63) is 23.4 Å². The van der Waals surface area contributed by atoms with Crippen LogP contribution < -0.4 is 10.6 Å². The number of alkyl halides is 3. The average molecular weight is 288 g/mol. The molecule has 4 nitrogen and oxygen atoms in total. The topological polar surface area (TPSA) is 66.0 Å². The van der Waals surface area contributed by atoms with Gasteiger partial charge in [0.1, 0.15) is 17.3 Å². The number of amidine groups is 1. The number of rotatable bonds is 5. The number of halogens is 3. The summed E-state index contributed by atoms with van der Waals surface area (Å²) in [5, 5.41) is 7.50. The third-order valence-electron chi connectivity index (χ3n) is 2.82. The fourth-order valence-corrected chi connectivity index (χ4v) is 1.89. The molecule has 1 aromatic rings. The Labute approximate surface area is 116 Å². The molecule has 0 aliphatic heterocycles. The Hall–Kier alpha value is -1.79. The van der Waals surface area contributed by atoms with Gasteiger partial charge in [-0.25, -0.2) is 4.98 Å². The zero-order valence-electron chi connectivity index (χ0n) is 11.8. The van der Waals surface area contributed by atoms with E-state index in [9.17, 15) is 13.2 Å². The van der Waals surface area contributed by atoms with Crippen molar-refractivity contribution in [3.63, 3.8) is 0 Å². The fourth-order valence-electron chi connectivity index (χ4n) is 1.89. The molecule has 0 spiro atoms. The number of nitrogens with one attached hydrogen (secondary N) is 1. The molecule has 0 radical (unpaired) electrons. The molecule has 0 amide bonds. The second-order valence-corrected chi connectivity index (χ2v) is 4.77. The van der Waals surface area contributed by atoms with Crippen molar-refractivity contribution in [1.29, 1.82) is 5.41 Å². The molecule has 0 saturated carbocycles. The Morgan fingerprint density at radius 3 is 2.40 bits per heavy atom. The first kappa shape index (κ1) is 16.3. The van der Waals surface area contributed by atoms with Crippen molar-refractivity contribution in [3.8, 4) is 0 Å². The molecule has 0 aromatic carbocycles. The number of pyridine rings is 1. The Bertz CT molecular complexity index is 483. The summed E-state index contributed by atoms with van der Waals surface area (Å²) >= 11 is 0. The highest BCUT2D eigenvalue weighted by Crippen LogP contribution is 2.31. The standard InChI is InChI=1S/C13H19F3N4/c1-4-7-20(8(2)3)12-9(11(17)18)5-6-10(19-12)13(14,15)16/h5-6,8H,4,7H2,1-3H3,(H3,17,18). The third-order valence-corrected chi connectivity index (χ3v) is 2.82. The molecular formula is C13H19F3N4. The molecule has 1 aromatic heterocycles. The third kappa shape index (κ3) is 3.61. The normalized spacial score (nSPS) is 11.8. The predicted octanol–water partition coefficient (Wildman–Crippen LogP) is 3.01. The maximum atomic E-state index is 12.8. The number of hydrogen-bond donors (Lipinski definition) is 2. The van der Waals surface area contributed by atoms with Crippen LogP contribution in [0.4, 0.5) is 19.0 Å². The van der Waals surface area contributed by atoms with E-state index in [2.05, 4.69) is 4.98 Å². The number of nitrogens with zero attached hydrogens (tertiary/aromatic N) is 2. The minimum Gasteiger partial charge on any atom is -0.384 e. The summed E-state index contributed by atoms with van der Waals surface area (Å²) in [6.07, 6.45) is -3.76. The van der Waals surface area contributed by atoms with Crippen LogP contribution >= 0.6 is 0 Å². The number of hydrogen-bond acceptors (Lipinski definition) is 3. The lowest BCUT2D eigenvalue weighted by Gasteiger charge is -2.29. The first-order valence-electron chi connectivity index (χ1n) is 6.37. The zero-order chi connectivity index (χ0) is 15.5. The van der Waals surface area contributed by atoms with E-state index in [0.29, 0.717) is 6.54 Å². The van der Waals surface area contributed by atoms with Crippen molar-refractivity contribution >= 4 is 11.7 Å². The van der Waals surface area contributed by atoms with Crippen LogP contribution in [0.5, 0.6) is 0 Å². The van der Waals surface area contributed by atoms with E-state index in [1.54, 1.807) is 4.90 Å². The summed E-state index contributed by atoms with van der Waals surface area (Å²) in [4.78, 5) is 5.41. The Kier molecular flexibility index (Phi) is 4.97. The summed E-state index contributed by atoms with van der Waals surface area (Å²) in [6, 6.07) is 2.02. The monoisotopic (exact) mass is 288 g/mol. The highest BCUT2D eigenvalue weighted by molar-refractivity contribution is 5.99. The lowest BCUT2D eigenvalue weighted by Crippen LogP contribution is -2.35. The molecule has 0 atom stereocenters. The second kappa shape index (κ2) is 6.11. The molecule has 0 fully saturated rings. The number of aromatic nitrogens is 1. The highest BCUT2D eigenvalue weighted by Gasteiger charge is 2.34. The Morgan fingerprint density at radius 2 is 2.00 bits per heavy atom. The summed E-state index contributed by atoms with van der Waals surface area (Å²) in [7, 11) is 0. The van der Waals surface area contributed by atoms with Crippen molar-refractivity contribution in [2.75, 3.05) is 11.4 Å². The lowest BCUT2D eigenvalue weighted by molar-refractivity contribution is -0.141. The minimum absolute atomic E-state index is 0.0379. The second-order valence-electron chi connectivity index (χ2n) is 4.77. The number of nitrogen functional groups attached to an aromatic ring is 1. The van der Waals surface area contributed by atoms with Crippen molar-refractivity contribution < 1.29 is 13.2 Å². The maximum Gasteiger partial charge on any atom is 0.433 e. The molecule has 112 valence electrons. The zero-order valence-corrected chi connectivity index (χ0v) is 11.8. The molecule has 0 aliphatic rings. The van der Waals surface area contributed by atoms with Gasteiger partial charge in [0.2, 0.25) is 0 Å². The Morgan fingerprint density at radius 1 is 1.40 bits per heavy atom. The van der Waals surface area contributed by atoms with E-state index >= 15 is 0 Å². The van der Waals surface area contributed by atoms with Crippen LogP contribution in [0.15, 0.2) is 12.1 Å². The lowest BCUT2D eigenvalue weighted by atomic mass is 10.1. The smallest absolute Gasteiger partial charge is 0.384 e. The van der Waals surface area contributed by atoms with Gasteiger partial charge in [0.05, 0.1) is 5.56 Å². The van der Waals surface area contributed by atoms with E-state index in [-0.39, 0.29) is 23.3 Å². The summed E-state index contributed by atoms with van der Waals surface area (Å²) in [6.45, 7) is 6.20. The van der Waals surface area contributed by atoms with Gasteiger partial charge in [0.15, 0.2) is 0 Å². The molecule has 7 heteroatoms. The van der Waals surface area contributed by atoms with Crippen molar-refractivity contribution in [1.82, 2.24) is 4.98 Å². The Balaban J connectivity index is 3.41. The quantitative estimate of drug-likeness (QED) is 0.646. The van der Waals surface area contributed by atoms with Gasteiger partial charge in [-0.15, -0.1) is 0 Å². The molecule has 0 unspecified atom stereocenters. The van der Waals surface area contributed by atoms with Crippen LogP contribution in [-0.4, -0.2) is 23.4 Å². The minimum atomic E-state index is -4.51. The van der Waals surface area contributed by atoms with Gasteiger partial charge in [0.25, 0.3) is 0 Å². The van der Waals surface area contributed by atoms with Crippen LogP contribution in [-0.2, 0) is 6.18 Å². The molecule has 0 aliphatic carbocycles. The largest absolute Gasteiger partial charge is 0.433 e. The average Bonchev–Trinajstić information content (AvgIpc) is 2.33. The van der Waals surface area contributed by atoms with Crippen molar-refractivity contribution in [2.45, 2.75) is 39.4 Å².